The first-order chi connectivity index (χ1) is 25.9. The highest BCUT2D eigenvalue weighted by Gasteiger charge is 2.37. The van der Waals surface area contributed by atoms with Gasteiger partial charge in [-0.15, -0.1) is 0 Å². The molecule has 4 aromatic rings. The van der Waals surface area contributed by atoms with E-state index in [9.17, 15) is 0 Å². The summed E-state index contributed by atoms with van der Waals surface area (Å²) in [6.07, 6.45) is 4.19. The van der Waals surface area contributed by atoms with Crippen LogP contribution in [0.15, 0.2) is 54.6 Å². The normalized spacial score (nSPS) is 18.2. The number of hydrogen-bond donors (Lipinski definition) is 1. The third-order valence-corrected chi connectivity index (χ3v) is 11.1. The van der Waals surface area contributed by atoms with Crippen LogP contribution < -0.4 is 33.7 Å². The van der Waals surface area contributed by atoms with Gasteiger partial charge in [0.15, 0.2) is 34.5 Å². The van der Waals surface area contributed by atoms with Crippen LogP contribution in [0.3, 0.4) is 0 Å². The van der Waals surface area contributed by atoms with Crippen LogP contribution in [0.25, 0.3) is 0 Å². The van der Waals surface area contributed by atoms with Crippen molar-refractivity contribution in [3.8, 4) is 46.0 Å². The van der Waals surface area contributed by atoms with Crippen molar-refractivity contribution in [1.82, 2.24) is 15.1 Å². The lowest BCUT2D eigenvalue weighted by molar-refractivity contribution is 0.194. The fourth-order valence-electron chi connectivity index (χ4n) is 8.25. The molecule has 0 aliphatic carbocycles. The van der Waals surface area contributed by atoms with E-state index in [0.717, 1.165) is 67.8 Å². The third-order valence-electron chi connectivity index (χ3n) is 11.1. The van der Waals surface area contributed by atoms with Crippen LogP contribution in [0, 0.1) is 0 Å². The molecule has 6 bridgehead atoms. The molecule has 8 rings (SSSR count). The molecule has 2 atom stereocenters. The predicted octanol–water partition coefficient (Wildman–Crippen LogP) is 7.29. The molecule has 4 aromatic carbocycles. The van der Waals surface area contributed by atoms with Gasteiger partial charge in [-0.3, -0.25) is 9.80 Å². The van der Waals surface area contributed by atoms with Gasteiger partial charge in [0.1, 0.15) is 5.75 Å². The highest BCUT2D eigenvalue weighted by atomic mass is 16.5. The molecular weight excluding hydrogens is 670 g/mol. The van der Waals surface area contributed by atoms with E-state index < -0.39 is 0 Å². The van der Waals surface area contributed by atoms with E-state index in [-0.39, 0.29) is 12.1 Å². The molecule has 1 N–H and O–H groups in total. The Morgan fingerprint density at radius 3 is 2.15 bits per heavy atom. The van der Waals surface area contributed by atoms with Gasteiger partial charge in [-0.05, 0) is 117 Å². The average molecular weight is 724 g/mol. The van der Waals surface area contributed by atoms with Gasteiger partial charge >= 0.3 is 0 Å². The number of nitrogens with one attached hydrogen (secondary N) is 1. The van der Waals surface area contributed by atoms with Gasteiger partial charge in [0.05, 0.1) is 28.4 Å². The molecule has 0 amide bonds. The Kier molecular flexibility index (Phi) is 11.3. The minimum Gasteiger partial charge on any atom is -0.493 e. The lowest BCUT2D eigenvalue weighted by atomic mass is 9.84. The zero-order valence-corrected chi connectivity index (χ0v) is 32.2. The Morgan fingerprint density at radius 2 is 1.42 bits per heavy atom. The maximum absolute atomic E-state index is 7.21. The van der Waals surface area contributed by atoms with Gasteiger partial charge < -0.3 is 38.5 Å². The number of fused-ring (bicyclic) bond motifs is 2. The molecule has 0 fully saturated rings. The van der Waals surface area contributed by atoms with Gasteiger partial charge in [0.2, 0.25) is 5.75 Å². The molecule has 4 aliphatic heterocycles. The number of likely N-dealkylation sites (N-methyl/N-ethyl adjacent to an activating group) is 2. The molecule has 0 spiro atoms. The number of rotatable bonds is 10. The van der Waals surface area contributed by atoms with E-state index in [1.807, 2.05) is 6.07 Å². The van der Waals surface area contributed by atoms with Gasteiger partial charge in [-0.25, -0.2) is 0 Å². The molecule has 0 saturated heterocycles. The maximum Gasteiger partial charge on any atom is 0.204 e. The van der Waals surface area contributed by atoms with Crippen molar-refractivity contribution in [2.75, 3.05) is 75.9 Å². The van der Waals surface area contributed by atoms with Gasteiger partial charge in [-0.1, -0.05) is 18.2 Å². The molecule has 4 aliphatic rings. The zero-order chi connectivity index (χ0) is 37.1. The molecule has 0 saturated carbocycles. The van der Waals surface area contributed by atoms with Crippen molar-refractivity contribution in [3.63, 3.8) is 0 Å². The topological polar surface area (TPSA) is 83.1 Å². The fraction of sp³-hybridized carbons (Fsp3) is 0.442. The smallest absolute Gasteiger partial charge is 0.204 e. The molecule has 282 valence electrons. The van der Waals surface area contributed by atoms with E-state index in [1.54, 1.807) is 35.5 Å². The summed E-state index contributed by atoms with van der Waals surface area (Å²) in [6, 6.07) is 19.1. The predicted molar refractivity (Wildman–Crippen MR) is 206 cm³/mol. The Labute approximate surface area is 313 Å². The molecule has 0 radical (unpaired) electrons. The second-order valence-electron chi connectivity index (χ2n) is 14.2. The average Bonchev–Trinajstić information content (AvgIpc) is 3.17. The maximum atomic E-state index is 7.21. The largest absolute Gasteiger partial charge is 0.493 e. The fourth-order valence-corrected chi connectivity index (χ4v) is 8.25. The van der Waals surface area contributed by atoms with Crippen LogP contribution in [-0.4, -0.2) is 85.7 Å². The Morgan fingerprint density at radius 1 is 0.717 bits per heavy atom. The second kappa shape index (κ2) is 16.3. The minimum atomic E-state index is -0.0530. The Bertz CT molecular complexity index is 1910. The van der Waals surface area contributed by atoms with Crippen molar-refractivity contribution < 1.29 is 33.2 Å². The second-order valence-corrected chi connectivity index (χ2v) is 14.2. The molecule has 0 aromatic heterocycles. The molecular formula is C43H53N3O7. The van der Waals surface area contributed by atoms with Gasteiger partial charge in [-0.2, -0.15) is 0 Å². The Balaban J connectivity index is 1.46. The van der Waals surface area contributed by atoms with E-state index in [1.165, 1.54) is 22.3 Å². The molecule has 53 heavy (non-hydrogen) atoms. The van der Waals surface area contributed by atoms with Crippen LogP contribution in [0.1, 0.15) is 57.4 Å². The van der Waals surface area contributed by atoms with E-state index in [4.69, 9.17) is 33.2 Å². The van der Waals surface area contributed by atoms with Crippen molar-refractivity contribution in [1.29, 1.82) is 0 Å². The van der Waals surface area contributed by atoms with Crippen LogP contribution in [-0.2, 0) is 37.0 Å². The van der Waals surface area contributed by atoms with Crippen LogP contribution in [0.4, 0.5) is 0 Å². The summed E-state index contributed by atoms with van der Waals surface area (Å²) in [5.74, 6) is 5.39. The lowest BCUT2D eigenvalue weighted by Crippen LogP contribution is -2.35. The highest BCUT2D eigenvalue weighted by Crippen LogP contribution is 2.54. The first kappa shape index (κ1) is 36.9. The van der Waals surface area contributed by atoms with E-state index in [0.29, 0.717) is 59.8 Å². The molecule has 10 nitrogen and oxygen atoms in total. The van der Waals surface area contributed by atoms with Crippen molar-refractivity contribution >= 4 is 0 Å². The first-order valence-corrected chi connectivity index (χ1v) is 18.6. The number of benzene rings is 4. The minimum absolute atomic E-state index is 0.0530. The van der Waals surface area contributed by atoms with Crippen LogP contribution >= 0.6 is 0 Å². The lowest BCUT2D eigenvalue weighted by Gasteiger charge is -2.38. The van der Waals surface area contributed by atoms with Crippen LogP contribution in [0.2, 0.25) is 0 Å². The molecule has 10 heteroatoms. The number of nitrogens with zero attached hydrogens (tertiary/aromatic N) is 2. The third kappa shape index (κ3) is 7.38. The standard InChI is InChI=1S/C43H53N3O7/c1-45-18-15-29-24-37(49-5)39-25-32(29)34(45)21-27-9-12-30(13-10-27)52-38-23-28(11-14-36(38)48-4)22-35-40-31(16-19-46(35)2)33(26-44-17-8-20-47-3)41(50-6)43(51-7)42(40)53-39/h9-14,23-25,34-35,44H,8,15-22,26H2,1-7H3. The summed E-state index contributed by atoms with van der Waals surface area (Å²) >= 11 is 0. The Hall–Kier alpha value is -4.48. The van der Waals surface area contributed by atoms with Crippen molar-refractivity contribution in [3.05, 3.63) is 93.5 Å². The van der Waals surface area contributed by atoms with E-state index >= 15 is 0 Å². The zero-order valence-electron chi connectivity index (χ0n) is 32.2. The number of hydrogen-bond acceptors (Lipinski definition) is 10. The van der Waals surface area contributed by atoms with Gasteiger partial charge in [0, 0.05) is 56.6 Å². The first-order valence-electron chi connectivity index (χ1n) is 18.6. The van der Waals surface area contributed by atoms with Gasteiger partial charge in [0.25, 0.3) is 0 Å². The number of ether oxygens (including phenoxy) is 7. The van der Waals surface area contributed by atoms with Crippen LogP contribution in [0.5, 0.6) is 46.0 Å². The summed E-state index contributed by atoms with van der Waals surface area (Å²) in [4.78, 5) is 4.84. The SMILES string of the molecule is COCCCNCc1c2c3c(c(OC)c1OC)Oc1cc4c(cc1OC)CCN(C)C4Cc1ccc(cc1)Oc1cc(ccc1OC)CC3N(C)CC2. The summed E-state index contributed by atoms with van der Waals surface area (Å²) < 4.78 is 43.4. The van der Waals surface area contributed by atoms with E-state index in [2.05, 4.69) is 77.7 Å². The van der Waals surface area contributed by atoms with Crippen molar-refractivity contribution in [2.45, 2.75) is 50.7 Å². The summed E-state index contributed by atoms with van der Waals surface area (Å²) in [6.45, 7) is 3.95. The molecule has 4 heterocycles. The number of methoxy groups -OCH3 is 5. The summed E-state index contributed by atoms with van der Waals surface area (Å²) in [5, 5.41) is 3.64. The highest BCUT2D eigenvalue weighted by molar-refractivity contribution is 5.67. The quantitative estimate of drug-likeness (QED) is 0.169. The monoisotopic (exact) mass is 723 g/mol. The van der Waals surface area contributed by atoms with Crippen molar-refractivity contribution in [2.24, 2.45) is 0 Å². The summed E-state index contributed by atoms with van der Waals surface area (Å²) in [5.41, 5.74) is 8.24. The summed E-state index contributed by atoms with van der Waals surface area (Å²) in [7, 11) is 12.9. The molecule has 2 unspecified atom stereocenters.